The normalized spacial score (nSPS) is 15.6. The zero-order chi connectivity index (χ0) is 10.1. The third-order valence-corrected chi connectivity index (χ3v) is 2.43. The van der Waals surface area contributed by atoms with Crippen LogP contribution in [0.1, 0.15) is 17.2 Å². The van der Waals surface area contributed by atoms with Crippen LogP contribution in [-0.2, 0) is 0 Å². The molecule has 0 saturated carbocycles. The van der Waals surface area contributed by atoms with Crippen LogP contribution in [0, 0.1) is 6.92 Å². The Kier molecular flexibility index (Phi) is 2.31. The van der Waals surface area contributed by atoms with Gasteiger partial charge in [0.15, 0.2) is 11.5 Å². The fourth-order valence-electron chi connectivity index (χ4n) is 1.63. The first-order valence-corrected chi connectivity index (χ1v) is 4.49. The number of nitrogens with two attached hydrogens (primary N) is 1. The average Bonchev–Trinajstić information content (AvgIpc) is 2.66. The third kappa shape index (κ3) is 1.32. The van der Waals surface area contributed by atoms with Crippen LogP contribution in [0.15, 0.2) is 12.1 Å². The number of benzene rings is 1. The fourth-order valence-corrected chi connectivity index (χ4v) is 1.63. The molecule has 0 fully saturated rings. The van der Waals surface area contributed by atoms with Gasteiger partial charge >= 0.3 is 0 Å². The van der Waals surface area contributed by atoms with E-state index in [1.165, 1.54) is 0 Å². The molecular weight excluding hydrogens is 182 g/mol. The van der Waals surface area contributed by atoms with Crippen molar-refractivity contribution in [3.63, 3.8) is 0 Å². The molecule has 1 heterocycles. The highest BCUT2D eigenvalue weighted by molar-refractivity contribution is 5.52. The Morgan fingerprint density at radius 3 is 3.00 bits per heavy atom. The molecule has 1 aromatic rings. The molecule has 0 aromatic heterocycles. The topological polar surface area (TPSA) is 64.7 Å². The van der Waals surface area contributed by atoms with Crippen LogP contribution in [-0.4, -0.2) is 18.5 Å². The van der Waals surface area contributed by atoms with Gasteiger partial charge in [-0.2, -0.15) is 0 Å². The first kappa shape index (κ1) is 9.30. The minimum absolute atomic E-state index is 0.0690. The Morgan fingerprint density at radius 1 is 1.50 bits per heavy atom. The maximum atomic E-state index is 8.96. The van der Waals surface area contributed by atoms with E-state index in [-0.39, 0.29) is 19.4 Å². The second-order valence-electron chi connectivity index (χ2n) is 3.30. The number of aliphatic hydroxyl groups is 1. The monoisotopic (exact) mass is 195 g/mol. The van der Waals surface area contributed by atoms with E-state index in [9.17, 15) is 0 Å². The summed E-state index contributed by atoms with van der Waals surface area (Å²) in [4.78, 5) is 0. The molecule has 1 aliphatic heterocycles. The molecule has 0 saturated heterocycles. The van der Waals surface area contributed by atoms with Crippen molar-refractivity contribution >= 4 is 0 Å². The number of hydrogen-bond donors (Lipinski definition) is 2. The summed E-state index contributed by atoms with van der Waals surface area (Å²) in [6.07, 6.45) is 0. The van der Waals surface area contributed by atoms with Crippen LogP contribution in [0.5, 0.6) is 11.5 Å². The molecule has 1 aromatic carbocycles. The van der Waals surface area contributed by atoms with E-state index < -0.39 is 0 Å². The van der Waals surface area contributed by atoms with Gasteiger partial charge in [-0.25, -0.2) is 0 Å². The maximum absolute atomic E-state index is 8.96. The Hall–Kier alpha value is -1.26. The van der Waals surface area contributed by atoms with Gasteiger partial charge in [0.25, 0.3) is 0 Å². The molecule has 0 spiro atoms. The van der Waals surface area contributed by atoms with E-state index in [0.29, 0.717) is 0 Å². The van der Waals surface area contributed by atoms with Gasteiger partial charge in [0, 0.05) is 0 Å². The van der Waals surface area contributed by atoms with Gasteiger partial charge in [-0.05, 0) is 24.1 Å². The molecule has 1 atom stereocenters. The summed E-state index contributed by atoms with van der Waals surface area (Å²) in [6.45, 7) is 2.10. The lowest BCUT2D eigenvalue weighted by Crippen LogP contribution is -2.15. The Balaban J connectivity index is 2.44. The molecular formula is C10H13NO3. The second kappa shape index (κ2) is 3.48. The lowest BCUT2D eigenvalue weighted by Gasteiger charge is -2.13. The molecule has 76 valence electrons. The molecule has 1 aliphatic rings. The highest BCUT2D eigenvalue weighted by Crippen LogP contribution is 2.38. The van der Waals surface area contributed by atoms with Crippen LogP contribution in [0.2, 0.25) is 0 Å². The lowest BCUT2D eigenvalue weighted by atomic mass is 10.0. The fraction of sp³-hybridized carbons (Fsp3) is 0.400. The highest BCUT2D eigenvalue weighted by atomic mass is 16.7. The summed E-state index contributed by atoms with van der Waals surface area (Å²) >= 11 is 0. The summed E-state index contributed by atoms with van der Waals surface area (Å²) in [7, 11) is 0. The molecule has 0 aliphatic carbocycles. The van der Waals surface area contributed by atoms with Crippen molar-refractivity contribution in [2.24, 2.45) is 5.73 Å². The molecule has 0 amide bonds. The summed E-state index contributed by atoms with van der Waals surface area (Å²) in [5.74, 6) is 1.49. The molecule has 0 radical (unpaired) electrons. The number of hydrogen-bond acceptors (Lipinski definition) is 4. The van der Waals surface area contributed by atoms with Crippen LogP contribution >= 0.6 is 0 Å². The smallest absolute Gasteiger partial charge is 0.231 e. The Labute approximate surface area is 82.2 Å². The van der Waals surface area contributed by atoms with Crippen molar-refractivity contribution in [1.29, 1.82) is 0 Å². The van der Waals surface area contributed by atoms with E-state index >= 15 is 0 Å². The molecule has 4 heteroatoms. The molecule has 1 unspecified atom stereocenters. The number of aliphatic hydroxyl groups excluding tert-OH is 1. The SMILES string of the molecule is Cc1c(C(N)CO)ccc2c1OCO2. The lowest BCUT2D eigenvalue weighted by molar-refractivity contribution is 0.173. The van der Waals surface area contributed by atoms with Gasteiger partial charge in [-0.15, -0.1) is 0 Å². The van der Waals surface area contributed by atoms with E-state index in [4.69, 9.17) is 20.3 Å². The van der Waals surface area contributed by atoms with E-state index in [1.54, 1.807) is 0 Å². The van der Waals surface area contributed by atoms with Gasteiger partial charge in [0.2, 0.25) is 6.79 Å². The zero-order valence-corrected chi connectivity index (χ0v) is 7.99. The number of ether oxygens (including phenoxy) is 2. The second-order valence-corrected chi connectivity index (χ2v) is 3.30. The van der Waals surface area contributed by atoms with Crippen molar-refractivity contribution < 1.29 is 14.6 Å². The van der Waals surface area contributed by atoms with E-state index in [2.05, 4.69) is 0 Å². The van der Waals surface area contributed by atoms with Crippen LogP contribution in [0.25, 0.3) is 0 Å². The predicted molar refractivity (Wildman–Crippen MR) is 51.3 cm³/mol. The van der Waals surface area contributed by atoms with Crippen molar-refractivity contribution in [2.45, 2.75) is 13.0 Å². The predicted octanol–water partition coefficient (Wildman–Crippen LogP) is 0.716. The minimum atomic E-state index is -0.357. The summed E-state index contributed by atoms with van der Waals surface area (Å²) in [6, 6.07) is 3.33. The van der Waals surface area contributed by atoms with Crippen molar-refractivity contribution in [1.82, 2.24) is 0 Å². The van der Waals surface area contributed by atoms with Crippen LogP contribution in [0.4, 0.5) is 0 Å². The standard InChI is InChI=1S/C10H13NO3/c1-6-7(8(11)4-12)2-3-9-10(6)14-5-13-9/h2-3,8,12H,4-5,11H2,1H3. The minimum Gasteiger partial charge on any atom is -0.454 e. The van der Waals surface area contributed by atoms with Gasteiger partial charge < -0.3 is 20.3 Å². The summed E-state index contributed by atoms with van der Waals surface area (Å²) < 4.78 is 10.5. The number of rotatable bonds is 2. The van der Waals surface area contributed by atoms with Gasteiger partial charge in [0.05, 0.1) is 12.6 Å². The molecule has 0 bridgehead atoms. The molecule has 3 N–H and O–H groups in total. The van der Waals surface area contributed by atoms with Gasteiger partial charge in [-0.3, -0.25) is 0 Å². The zero-order valence-electron chi connectivity index (χ0n) is 7.99. The highest BCUT2D eigenvalue weighted by Gasteiger charge is 2.20. The first-order chi connectivity index (χ1) is 6.74. The van der Waals surface area contributed by atoms with Gasteiger partial charge in [-0.1, -0.05) is 6.07 Å². The van der Waals surface area contributed by atoms with Crippen molar-refractivity contribution in [3.05, 3.63) is 23.3 Å². The first-order valence-electron chi connectivity index (χ1n) is 4.49. The molecule has 4 nitrogen and oxygen atoms in total. The number of fused-ring (bicyclic) bond motifs is 1. The quantitative estimate of drug-likeness (QED) is 0.729. The maximum Gasteiger partial charge on any atom is 0.231 e. The van der Waals surface area contributed by atoms with E-state index in [0.717, 1.165) is 22.6 Å². The Bertz CT molecular complexity index is 351. The third-order valence-electron chi connectivity index (χ3n) is 2.43. The van der Waals surface area contributed by atoms with Crippen molar-refractivity contribution in [3.8, 4) is 11.5 Å². The van der Waals surface area contributed by atoms with Crippen molar-refractivity contribution in [2.75, 3.05) is 13.4 Å². The van der Waals surface area contributed by atoms with Crippen LogP contribution in [0.3, 0.4) is 0 Å². The summed E-state index contributed by atoms with van der Waals surface area (Å²) in [5, 5.41) is 8.96. The molecule has 2 rings (SSSR count). The summed E-state index contributed by atoms with van der Waals surface area (Å²) in [5.41, 5.74) is 7.59. The Morgan fingerprint density at radius 2 is 2.29 bits per heavy atom. The van der Waals surface area contributed by atoms with Crippen LogP contribution < -0.4 is 15.2 Å². The molecule has 14 heavy (non-hydrogen) atoms. The average molecular weight is 195 g/mol. The largest absolute Gasteiger partial charge is 0.454 e. The van der Waals surface area contributed by atoms with E-state index in [1.807, 2.05) is 19.1 Å². The van der Waals surface area contributed by atoms with Gasteiger partial charge in [0.1, 0.15) is 0 Å².